The molecular weight excluding hydrogens is 220 g/mol. The summed E-state index contributed by atoms with van der Waals surface area (Å²) in [5.74, 6) is 1.73. The molecule has 2 heteroatoms. The number of nitrogens with two attached hydrogens (primary N) is 1. The summed E-state index contributed by atoms with van der Waals surface area (Å²) in [4.78, 5) is 2.77. The minimum Gasteiger partial charge on any atom is -0.329 e. The van der Waals surface area contributed by atoms with E-state index in [9.17, 15) is 0 Å². The van der Waals surface area contributed by atoms with Crippen LogP contribution in [0.15, 0.2) is 0 Å². The maximum absolute atomic E-state index is 6.23. The molecule has 0 aromatic rings. The summed E-state index contributed by atoms with van der Waals surface area (Å²) >= 11 is 0. The van der Waals surface area contributed by atoms with Gasteiger partial charge in [-0.1, -0.05) is 33.1 Å². The second-order valence-corrected chi connectivity index (χ2v) is 6.88. The summed E-state index contributed by atoms with van der Waals surface area (Å²) in [6.45, 7) is 8.29. The second-order valence-electron chi connectivity index (χ2n) is 6.88. The van der Waals surface area contributed by atoms with E-state index in [0.29, 0.717) is 5.54 Å². The molecule has 2 rings (SSSR count). The van der Waals surface area contributed by atoms with Crippen LogP contribution in [0.4, 0.5) is 0 Å². The molecular formula is C16H32N2. The largest absolute Gasteiger partial charge is 0.329 e. The van der Waals surface area contributed by atoms with Crippen LogP contribution in [0.5, 0.6) is 0 Å². The lowest BCUT2D eigenvalue weighted by Gasteiger charge is -2.50. The Morgan fingerprint density at radius 3 is 2.17 bits per heavy atom. The lowest BCUT2D eigenvalue weighted by atomic mass is 9.70. The highest BCUT2D eigenvalue weighted by Gasteiger charge is 2.40. The number of hydrogen-bond acceptors (Lipinski definition) is 2. The lowest BCUT2D eigenvalue weighted by molar-refractivity contribution is 0.0159. The Kier molecular flexibility index (Phi) is 5.08. The van der Waals surface area contributed by atoms with Crippen molar-refractivity contribution in [3.05, 3.63) is 0 Å². The molecule has 2 nitrogen and oxygen atoms in total. The third-order valence-electron chi connectivity index (χ3n) is 5.65. The highest BCUT2D eigenvalue weighted by atomic mass is 15.2. The summed E-state index contributed by atoms with van der Waals surface area (Å²) < 4.78 is 0. The van der Waals surface area contributed by atoms with Crippen molar-refractivity contribution in [2.24, 2.45) is 17.6 Å². The van der Waals surface area contributed by atoms with Crippen molar-refractivity contribution in [3.8, 4) is 0 Å². The summed E-state index contributed by atoms with van der Waals surface area (Å²) in [5, 5.41) is 0. The third-order valence-corrected chi connectivity index (χ3v) is 5.65. The van der Waals surface area contributed by atoms with E-state index in [2.05, 4.69) is 18.7 Å². The fourth-order valence-electron chi connectivity index (χ4n) is 4.01. The molecule has 1 aliphatic carbocycles. The van der Waals surface area contributed by atoms with Crippen LogP contribution < -0.4 is 5.73 Å². The van der Waals surface area contributed by atoms with Crippen LogP contribution in [0.2, 0.25) is 0 Å². The molecule has 1 saturated heterocycles. The summed E-state index contributed by atoms with van der Waals surface area (Å²) in [5.41, 5.74) is 6.56. The minimum atomic E-state index is 0.337. The van der Waals surface area contributed by atoms with E-state index in [4.69, 9.17) is 5.73 Å². The van der Waals surface area contributed by atoms with Gasteiger partial charge < -0.3 is 5.73 Å². The Morgan fingerprint density at radius 2 is 1.61 bits per heavy atom. The number of hydrogen-bond donors (Lipinski definition) is 1. The van der Waals surface area contributed by atoms with E-state index >= 15 is 0 Å². The number of rotatable bonds is 2. The molecule has 0 spiro atoms. The van der Waals surface area contributed by atoms with Crippen molar-refractivity contribution in [1.82, 2.24) is 4.90 Å². The normalized spacial score (nSPS) is 40.2. The van der Waals surface area contributed by atoms with Crippen molar-refractivity contribution in [2.45, 2.75) is 70.8 Å². The Balaban J connectivity index is 2.05. The molecule has 0 amide bonds. The average molecular weight is 252 g/mol. The highest BCUT2D eigenvalue weighted by Crippen LogP contribution is 2.40. The van der Waals surface area contributed by atoms with Gasteiger partial charge in [-0.05, 0) is 57.0 Å². The maximum atomic E-state index is 6.23. The molecule has 0 radical (unpaired) electrons. The highest BCUT2D eigenvalue weighted by molar-refractivity contribution is 4.97. The number of likely N-dealkylation sites (tertiary alicyclic amines) is 1. The van der Waals surface area contributed by atoms with Crippen LogP contribution in [0, 0.1) is 11.8 Å². The Hall–Kier alpha value is -0.0800. The van der Waals surface area contributed by atoms with E-state index in [1.165, 1.54) is 64.5 Å². The van der Waals surface area contributed by atoms with Crippen molar-refractivity contribution in [2.75, 3.05) is 19.6 Å². The van der Waals surface area contributed by atoms with Crippen molar-refractivity contribution < 1.29 is 0 Å². The van der Waals surface area contributed by atoms with E-state index in [1.807, 2.05) is 0 Å². The molecule has 3 atom stereocenters. The monoisotopic (exact) mass is 252 g/mol. The van der Waals surface area contributed by atoms with Gasteiger partial charge in [0.2, 0.25) is 0 Å². The molecule has 3 unspecified atom stereocenters. The van der Waals surface area contributed by atoms with Gasteiger partial charge in [-0.25, -0.2) is 0 Å². The van der Waals surface area contributed by atoms with Gasteiger partial charge in [-0.2, -0.15) is 0 Å². The third kappa shape index (κ3) is 3.08. The quantitative estimate of drug-likeness (QED) is 0.816. The standard InChI is InChI=1S/C16H32N2/c1-14-8-9-16(13-17,12-15(14)2)18-10-6-4-3-5-7-11-18/h14-15H,3-13,17H2,1-2H3. The second kappa shape index (κ2) is 6.38. The molecule has 2 aliphatic rings. The first-order chi connectivity index (χ1) is 8.68. The lowest BCUT2D eigenvalue weighted by Crippen LogP contribution is -2.57. The zero-order valence-electron chi connectivity index (χ0n) is 12.5. The molecule has 1 heterocycles. The van der Waals surface area contributed by atoms with Crippen LogP contribution >= 0.6 is 0 Å². The van der Waals surface area contributed by atoms with Gasteiger partial charge in [0.25, 0.3) is 0 Å². The van der Waals surface area contributed by atoms with E-state index in [-0.39, 0.29) is 0 Å². The molecule has 1 aliphatic heterocycles. The number of nitrogens with zero attached hydrogens (tertiary/aromatic N) is 1. The molecule has 18 heavy (non-hydrogen) atoms. The SMILES string of the molecule is CC1CCC(CN)(N2CCCCCCC2)CC1C. The molecule has 106 valence electrons. The molecule has 0 aromatic heterocycles. The zero-order chi connectivity index (χ0) is 13.0. The summed E-state index contributed by atoms with van der Waals surface area (Å²) in [6.07, 6.45) is 11.1. The fraction of sp³-hybridized carbons (Fsp3) is 1.00. The van der Waals surface area contributed by atoms with Gasteiger partial charge in [-0.3, -0.25) is 4.90 Å². The molecule has 2 fully saturated rings. The van der Waals surface area contributed by atoms with Gasteiger partial charge in [-0.15, -0.1) is 0 Å². The van der Waals surface area contributed by atoms with Crippen molar-refractivity contribution in [1.29, 1.82) is 0 Å². The first-order valence-electron chi connectivity index (χ1n) is 8.13. The van der Waals surface area contributed by atoms with E-state index in [0.717, 1.165) is 18.4 Å². The zero-order valence-corrected chi connectivity index (χ0v) is 12.5. The molecule has 0 bridgehead atoms. The molecule has 1 saturated carbocycles. The smallest absolute Gasteiger partial charge is 0.0334 e. The summed E-state index contributed by atoms with van der Waals surface area (Å²) in [6, 6.07) is 0. The van der Waals surface area contributed by atoms with Gasteiger partial charge in [0.1, 0.15) is 0 Å². The van der Waals surface area contributed by atoms with Crippen molar-refractivity contribution >= 4 is 0 Å². The van der Waals surface area contributed by atoms with Crippen molar-refractivity contribution in [3.63, 3.8) is 0 Å². The summed E-state index contributed by atoms with van der Waals surface area (Å²) in [7, 11) is 0. The van der Waals surface area contributed by atoms with Gasteiger partial charge in [0.05, 0.1) is 0 Å². The van der Waals surface area contributed by atoms with Crippen LogP contribution in [0.25, 0.3) is 0 Å². The topological polar surface area (TPSA) is 29.3 Å². The van der Waals surface area contributed by atoms with Crippen LogP contribution in [-0.2, 0) is 0 Å². The van der Waals surface area contributed by atoms with Gasteiger partial charge in [0, 0.05) is 12.1 Å². The predicted molar refractivity (Wildman–Crippen MR) is 78.6 cm³/mol. The molecule has 2 N–H and O–H groups in total. The van der Waals surface area contributed by atoms with Crippen LogP contribution in [-0.4, -0.2) is 30.1 Å². The fourth-order valence-corrected chi connectivity index (χ4v) is 4.01. The predicted octanol–water partition coefficient (Wildman–Crippen LogP) is 3.41. The Labute approximate surface area is 113 Å². The first-order valence-corrected chi connectivity index (χ1v) is 8.13. The average Bonchev–Trinajstić information content (AvgIpc) is 2.33. The van der Waals surface area contributed by atoms with Gasteiger partial charge >= 0.3 is 0 Å². The van der Waals surface area contributed by atoms with E-state index < -0.39 is 0 Å². The Bertz CT molecular complexity index is 245. The van der Waals surface area contributed by atoms with E-state index in [1.54, 1.807) is 0 Å². The maximum Gasteiger partial charge on any atom is 0.0334 e. The minimum absolute atomic E-state index is 0.337. The first kappa shape index (κ1) is 14.3. The van der Waals surface area contributed by atoms with Crippen LogP contribution in [0.1, 0.15) is 65.2 Å². The molecule has 0 aromatic carbocycles. The Morgan fingerprint density at radius 1 is 1.00 bits per heavy atom. The van der Waals surface area contributed by atoms with Crippen LogP contribution in [0.3, 0.4) is 0 Å². The van der Waals surface area contributed by atoms with Gasteiger partial charge in [0.15, 0.2) is 0 Å².